The van der Waals surface area contributed by atoms with E-state index < -0.39 is 42.6 Å². The molecule has 1 N–H and O–H groups in total. The van der Waals surface area contributed by atoms with Crippen molar-refractivity contribution in [3.63, 3.8) is 0 Å². The van der Waals surface area contributed by atoms with Gasteiger partial charge >= 0.3 is 0 Å². The first-order valence-corrected chi connectivity index (χ1v) is 9.92. The molecule has 1 aliphatic rings. The number of hydrogen-bond donors (Lipinski definition) is 1. The fourth-order valence-corrected chi connectivity index (χ4v) is 3.18. The van der Waals surface area contributed by atoms with E-state index in [0.717, 1.165) is 17.0 Å². The second kappa shape index (κ2) is 10.6. The zero-order valence-electron chi connectivity index (χ0n) is 17.3. The lowest BCUT2D eigenvalue weighted by atomic mass is 9.88. The molecule has 31 heavy (non-hydrogen) atoms. The fourth-order valence-electron chi connectivity index (χ4n) is 3.18. The maximum Gasteiger partial charge on any atom is 0.252 e. The second-order valence-electron chi connectivity index (χ2n) is 7.31. The third-order valence-corrected chi connectivity index (χ3v) is 4.50. The monoisotopic (exact) mass is 431 g/mol. The van der Waals surface area contributed by atoms with E-state index in [-0.39, 0.29) is 11.3 Å². The van der Waals surface area contributed by atoms with E-state index >= 15 is 0 Å². The standard InChI is InChI=1S/C20H16F3N3O2.C3H8/c21-15-6-13(11-24)7-17(8-15)26(12-27)18(14-4-2-1-3-5-14)19(28)25-16-9-20(22,23)10-16;1-3-2/h1-8,12,16,18H,9-10H2,(H,25,28);3H2,1-2H3. The van der Waals surface area contributed by atoms with E-state index in [2.05, 4.69) is 19.2 Å². The smallest absolute Gasteiger partial charge is 0.252 e. The molecule has 0 radical (unpaired) electrons. The Bertz CT molecular complexity index is 937. The SMILES string of the molecule is CCC.N#Cc1cc(F)cc(N(C=O)C(C(=O)NC2CC(F)(F)C2)c2ccccc2)c1. The summed E-state index contributed by atoms with van der Waals surface area (Å²) in [5, 5.41) is 11.6. The Kier molecular flexibility index (Phi) is 8.20. The number of benzene rings is 2. The van der Waals surface area contributed by atoms with Crippen molar-refractivity contribution in [3.05, 3.63) is 65.5 Å². The summed E-state index contributed by atoms with van der Waals surface area (Å²) in [4.78, 5) is 25.7. The van der Waals surface area contributed by atoms with Crippen molar-refractivity contribution in [2.75, 3.05) is 4.90 Å². The van der Waals surface area contributed by atoms with Crippen LogP contribution >= 0.6 is 0 Å². The van der Waals surface area contributed by atoms with Gasteiger partial charge in [0.1, 0.15) is 11.9 Å². The molecular formula is C23H24F3N3O2. The van der Waals surface area contributed by atoms with Crippen molar-refractivity contribution < 1.29 is 22.8 Å². The quantitative estimate of drug-likeness (QED) is 0.672. The maximum absolute atomic E-state index is 13.9. The van der Waals surface area contributed by atoms with Crippen LogP contribution in [0.5, 0.6) is 0 Å². The second-order valence-corrected chi connectivity index (χ2v) is 7.31. The first-order chi connectivity index (χ1) is 14.7. The molecule has 2 amide bonds. The Morgan fingerprint density at radius 3 is 2.39 bits per heavy atom. The van der Waals surface area contributed by atoms with Crippen molar-refractivity contribution in [2.45, 2.75) is 51.1 Å². The molecule has 164 valence electrons. The van der Waals surface area contributed by atoms with Gasteiger partial charge in [-0.25, -0.2) is 13.2 Å². The Labute approximate surface area is 179 Å². The summed E-state index contributed by atoms with van der Waals surface area (Å²) in [5.41, 5.74) is 0.406. The van der Waals surface area contributed by atoms with Crippen LogP contribution < -0.4 is 10.2 Å². The summed E-state index contributed by atoms with van der Waals surface area (Å²) >= 11 is 0. The highest BCUT2D eigenvalue weighted by molar-refractivity contribution is 5.93. The highest BCUT2D eigenvalue weighted by atomic mass is 19.3. The average molecular weight is 431 g/mol. The molecule has 0 heterocycles. The molecule has 1 saturated carbocycles. The molecule has 1 fully saturated rings. The van der Waals surface area contributed by atoms with Crippen LogP contribution in [0.15, 0.2) is 48.5 Å². The van der Waals surface area contributed by atoms with Gasteiger partial charge in [-0.15, -0.1) is 0 Å². The Balaban J connectivity index is 0.00000107. The molecule has 1 atom stereocenters. The van der Waals surface area contributed by atoms with E-state index in [1.165, 1.54) is 12.5 Å². The Morgan fingerprint density at radius 2 is 1.87 bits per heavy atom. The highest BCUT2D eigenvalue weighted by Crippen LogP contribution is 2.38. The number of carbonyl (C=O) groups excluding carboxylic acids is 2. The number of carbonyl (C=O) groups is 2. The van der Waals surface area contributed by atoms with Gasteiger partial charge in [-0.2, -0.15) is 5.26 Å². The van der Waals surface area contributed by atoms with Crippen LogP contribution in [-0.2, 0) is 9.59 Å². The number of anilines is 1. The van der Waals surface area contributed by atoms with Gasteiger partial charge in [-0.3, -0.25) is 14.5 Å². The summed E-state index contributed by atoms with van der Waals surface area (Å²) in [6.45, 7) is 4.25. The summed E-state index contributed by atoms with van der Waals surface area (Å²) in [6, 6.07) is 11.4. The van der Waals surface area contributed by atoms with Gasteiger partial charge in [-0.05, 0) is 23.8 Å². The molecule has 0 spiro atoms. The molecule has 0 bridgehead atoms. The molecule has 8 heteroatoms. The van der Waals surface area contributed by atoms with E-state index in [9.17, 15) is 22.8 Å². The lowest BCUT2D eigenvalue weighted by Crippen LogP contribution is -2.53. The molecule has 1 aliphatic carbocycles. The topological polar surface area (TPSA) is 73.2 Å². The van der Waals surface area contributed by atoms with Gasteiger partial charge in [-0.1, -0.05) is 50.6 Å². The summed E-state index contributed by atoms with van der Waals surface area (Å²) in [5.74, 6) is -4.22. The predicted molar refractivity (Wildman–Crippen MR) is 111 cm³/mol. The number of rotatable bonds is 6. The third kappa shape index (κ3) is 6.32. The lowest BCUT2D eigenvalue weighted by molar-refractivity contribution is -0.131. The first kappa shape index (κ1) is 23.9. The minimum Gasteiger partial charge on any atom is -0.351 e. The Hall–Kier alpha value is -3.34. The molecule has 1 unspecified atom stereocenters. The number of amides is 2. The molecular weight excluding hydrogens is 407 g/mol. The van der Waals surface area contributed by atoms with Gasteiger partial charge in [0.15, 0.2) is 0 Å². The van der Waals surface area contributed by atoms with Crippen molar-refractivity contribution in [1.82, 2.24) is 5.32 Å². The number of nitriles is 1. The maximum atomic E-state index is 13.9. The summed E-state index contributed by atoms with van der Waals surface area (Å²) in [6.07, 6.45) is 0.655. The molecule has 0 aromatic heterocycles. The van der Waals surface area contributed by atoms with Crippen molar-refractivity contribution in [3.8, 4) is 6.07 Å². The fraction of sp³-hybridized carbons (Fsp3) is 0.348. The van der Waals surface area contributed by atoms with E-state index in [1.807, 2.05) is 0 Å². The molecule has 3 rings (SSSR count). The highest BCUT2D eigenvalue weighted by Gasteiger charge is 2.46. The summed E-state index contributed by atoms with van der Waals surface area (Å²) < 4.78 is 40.0. The zero-order chi connectivity index (χ0) is 23.0. The van der Waals surface area contributed by atoms with Crippen LogP contribution in [-0.4, -0.2) is 24.3 Å². The largest absolute Gasteiger partial charge is 0.351 e. The molecule has 5 nitrogen and oxygen atoms in total. The summed E-state index contributed by atoms with van der Waals surface area (Å²) in [7, 11) is 0. The van der Waals surface area contributed by atoms with Gasteiger partial charge in [0, 0.05) is 24.6 Å². The van der Waals surface area contributed by atoms with Crippen LogP contribution in [0.3, 0.4) is 0 Å². The molecule has 2 aromatic carbocycles. The number of halogens is 3. The number of nitrogens with zero attached hydrogens (tertiary/aromatic N) is 2. The van der Waals surface area contributed by atoms with Gasteiger partial charge in [0.05, 0.1) is 11.6 Å². The number of nitrogens with one attached hydrogen (secondary N) is 1. The molecule has 0 aliphatic heterocycles. The van der Waals surface area contributed by atoms with E-state index in [1.54, 1.807) is 36.4 Å². The van der Waals surface area contributed by atoms with Crippen molar-refractivity contribution >= 4 is 18.0 Å². The number of hydrogen-bond acceptors (Lipinski definition) is 3. The van der Waals surface area contributed by atoms with Gasteiger partial charge < -0.3 is 5.32 Å². The third-order valence-electron chi connectivity index (χ3n) is 4.50. The van der Waals surface area contributed by atoms with Crippen LogP contribution in [0.4, 0.5) is 18.9 Å². The first-order valence-electron chi connectivity index (χ1n) is 9.92. The minimum atomic E-state index is -2.81. The van der Waals surface area contributed by atoms with Crippen molar-refractivity contribution in [1.29, 1.82) is 5.26 Å². The molecule has 2 aromatic rings. The Morgan fingerprint density at radius 1 is 1.26 bits per heavy atom. The van der Waals surface area contributed by atoms with Crippen LogP contribution in [0.25, 0.3) is 0 Å². The van der Waals surface area contributed by atoms with E-state index in [4.69, 9.17) is 5.26 Å². The van der Waals surface area contributed by atoms with E-state index in [0.29, 0.717) is 12.0 Å². The van der Waals surface area contributed by atoms with Crippen molar-refractivity contribution in [2.24, 2.45) is 0 Å². The normalized spacial score (nSPS) is 15.4. The average Bonchev–Trinajstić information content (AvgIpc) is 2.71. The minimum absolute atomic E-state index is 0.00879. The van der Waals surface area contributed by atoms with Crippen LogP contribution in [0, 0.1) is 17.1 Å². The van der Waals surface area contributed by atoms with Crippen LogP contribution in [0.2, 0.25) is 0 Å². The van der Waals surface area contributed by atoms with Gasteiger partial charge in [0.2, 0.25) is 12.3 Å². The van der Waals surface area contributed by atoms with Crippen LogP contribution in [0.1, 0.15) is 50.3 Å². The zero-order valence-corrected chi connectivity index (χ0v) is 17.3. The molecule has 0 saturated heterocycles. The lowest BCUT2D eigenvalue weighted by Gasteiger charge is -2.37. The van der Waals surface area contributed by atoms with Gasteiger partial charge in [0.25, 0.3) is 5.92 Å². The predicted octanol–water partition coefficient (Wildman–Crippen LogP) is 4.73. The number of alkyl halides is 2.